The van der Waals surface area contributed by atoms with Crippen LogP contribution in [0.15, 0.2) is 30.5 Å². The molecule has 1 saturated carbocycles. The zero-order chi connectivity index (χ0) is 24.9. The van der Waals surface area contributed by atoms with E-state index in [1.54, 1.807) is 0 Å². The average molecular weight is 508 g/mol. The molecule has 2 aromatic rings. The van der Waals surface area contributed by atoms with Gasteiger partial charge < -0.3 is 4.74 Å². The van der Waals surface area contributed by atoms with E-state index in [9.17, 15) is 26.3 Å². The minimum Gasteiger partial charge on any atom is -0.414 e. The first-order chi connectivity index (χ1) is 16.0. The summed E-state index contributed by atoms with van der Waals surface area (Å²) in [5.74, 6) is -8.50. The zero-order valence-corrected chi connectivity index (χ0v) is 19.7. The highest BCUT2D eigenvalue weighted by molar-refractivity contribution is 6.20. The Labute approximate surface area is 200 Å². The van der Waals surface area contributed by atoms with Crippen molar-refractivity contribution in [3.05, 3.63) is 58.9 Å². The molecule has 188 valence electrons. The van der Waals surface area contributed by atoms with E-state index in [4.69, 9.17) is 0 Å². The van der Waals surface area contributed by atoms with Crippen molar-refractivity contribution in [3.63, 3.8) is 0 Å². The molecule has 1 aliphatic rings. The smallest absolute Gasteiger partial charge is 0.414 e. The molecule has 3 rings (SSSR count). The third-order valence-corrected chi connectivity index (χ3v) is 6.45. The number of benzene rings is 1. The standard InChI is InChI=1S/C25H28ClF6NO/c1-2-3-4-5-16-6-11-22(33-15-16)18-7-9-19(10-8-18)24(29,30)14-17-12-20(27)23(21(28)13-17)34-25(26,31)32/h6,11-13,15,18-19H,2-5,7-10,14H2,1H3. The number of unbranched alkanes of at least 4 members (excludes halogenated alkanes) is 2. The minimum absolute atomic E-state index is 0.0975. The van der Waals surface area contributed by atoms with Gasteiger partial charge in [-0.15, -0.1) is 8.78 Å². The van der Waals surface area contributed by atoms with Crippen molar-refractivity contribution in [1.29, 1.82) is 0 Å². The molecule has 1 aromatic heterocycles. The maximum atomic E-state index is 14.9. The molecule has 1 aliphatic carbocycles. The predicted octanol–water partition coefficient (Wildman–Crippen LogP) is 8.41. The molecule has 0 saturated heterocycles. The third kappa shape index (κ3) is 7.27. The van der Waals surface area contributed by atoms with E-state index in [1.165, 1.54) is 12.0 Å². The first-order valence-corrected chi connectivity index (χ1v) is 11.9. The number of ether oxygens (including phenoxy) is 1. The van der Waals surface area contributed by atoms with Crippen LogP contribution in [0.5, 0.6) is 5.75 Å². The predicted molar refractivity (Wildman–Crippen MR) is 119 cm³/mol. The van der Waals surface area contributed by atoms with Gasteiger partial charge in [0.1, 0.15) is 0 Å². The summed E-state index contributed by atoms with van der Waals surface area (Å²) in [5, 5.41) is 0. The largest absolute Gasteiger partial charge is 0.487 e. The molecule has 2 nitrogen and oxygen atoms in total. The Morgan fingerprint density at radius 2 is 1.62 bits per heavy atom. The van der Waals surface area contributed by atoms with Crippen LogP contribution in [0.3, 0.4) is 0 Å². The normalized spacial score (nSPS) is 19.3. The van der Waals surface area contributed by atoms with Crippen LogP contribution in [-0.4, -0.2) is 16.5 Å². The van der Waals surface area contributed by atoms with Gasteiger partial charge in [-0.05, 0) is 67.9 Å². The van der Waals surface area contributed by atoms with Gasteiger partial charge >= 0.3 is 5.57 Å². The molecule has 0 aliphatic heterocycles. The van der Waals surface area contributed by atoms with Gasteiger partial charge in [-0.3, -0.25) is 4.98 Å². The number of alkyl halides is 5. The number of nitrogens with zero attached hydrogens (tertiary/aromatic N) is 1. The monoisotopic (exact) mass is 507 g/mol. The molecular formula is C25H28ClF6NO. The van der Waals surface area contributed by atoms with Crippen molar-refractivity contribution in [2.24, 2.45) is 5.92 Å². The molecule has 0 amide bonds. The Kier molecular flexibility index (Phi) is 8.77. The Morgan fingerprint density at radius 3 is 2.15 bits per heavy atom. The molecule has 0 unspecified atom stereocenters. The summed E-state index contributed by atoms with van der Waals surface area (Å²) in [6.07, 6.45) is 6.95. The fourth-order valence-electron chi connectivity index (χ4n) is 4.56. The Morgan fingerprint density at radius 1 is 0.971 bits per heavy atom. The summed E-state index contributed by atoms with van der Waals surface area (Å²) in [6, 6.07) is 5.18. The molecule has 1 heterocycles. The van der Waals surface area contributed by atoms with Crippen molar-refractivity contribution in [3.8, 4) is 5.75 Å². The van der Waals surface area contributed by atoms with E-state index < -0.39 is 41.2 Å². The first kappa shape index (κ1) is 26.6. The molecule has 1 fully saturated rings. The summed E-state index contributed by atoms with van der Waals surface area (Å²) in [4.78, 5) is 4.54. The molecule has 34 heavy (non-hydrogen) atoms. The number of aryl methyl sites for hydroxylation is 1. The minimum atomic E-state index is -4.32. The summed E-state index contributed by atoms with van der Waals surface area (Å²) in [7, 11) is 0. The van der Waals surface area contributed by atoms with Gasteiger partial charge in [0.2, 0.25) is 0 Å². The van der Waals surface area contributed by atoms with Crippen LogP contribution in [0, 0.1) is 17.6 Å². The lowest BCUT2D eigenvalue weighted by Gasteiger charge is -2.33. The highest BCUT2D eigenvalue weighted by Gasteiger charge is 2.42. The summed E-state index contributed by atoms with van der Waals surface area (Å²) >= 11 is 4.54. The van der Waals surface area contributed by atoms with Gasteiger partial charge in [0.15, 0.2) is 17.4 Å². The van der Waals surface area contributed by atoms with Crippen LogP contribution in [0.1, 0.15) is 74.6 Å². The van der Waals surface area contributed by atoms with Crippen molar-refractivity contribution < 1.29 is 31.1 Å². The molecule has 0 atom stereocenters. The topological polar surface area (TPSA) is 22.1 Å². The van der Waals surface area contributed by atoms with E-state index in [-0.39, 0.29) is 24.3 Å². The van der Waals surface area contributed by atoms with Crippen LogP contribution in [0.2, 0.25) is 0 Å². The number of halogens is 7. The highest BCUT2D eigenvalue weighted by atomic mass is 35.5. The SMILES string of the molecule is CCCCCc1ccc(C2CCC(C(F)(F)Cc3cc(F)c(OC(F)(F)Cl)c(F)c3)CC2)nc1. The summed E-state index contributed by atoms with van der Waals surface area (Å²) < 4.78 is 87.0. The van der Waals surface area contributed by atoms with E-state index in [0.29, 0.717) is 25.0 Å². The van der Waals surface area contributed by atoms with E-state index >= 15 is 0 Å². The number of aromatic nitrogens is 1. The second-order valence-corrected chi connectivity index (χ2v) is 9.41. The van der Waals surface area contributed by atoms with Gasteiger partial charge in [-0.25, -0.2) is 17.6 Å². The van der Waals surface area contributed by atoms with Crippen LogP contribution in [-0.2, 0) is 12.8 Å². The molecule has 9 heteroatoms. The third-order valence-electron chi connectivity index (χ3n) is 6.38. The van der Waals surface area contributed by atoms with Gasteiger partial charge in [-0.2, -0.15) is 0 Å². The quantitative estimate of drug-likeness (QED) is 0.183. The highest BCUT2D eigenvalue weighted by Crippen LogP contribution is 2.43. The van der Waals surface area contributed by atoms with Crippen LogP contribution in [0.4, 0.5) is 26.3 Å². The lowest BCUT2D eigenvalue weighted by Crippen LogP contribution is -2.33. The molecule has 1 aromatic carbocycles. The lowest BCUT2D eigenvalue weighted by molar-refractivity contribution is -0.101. The Bertz CT molecular complexity index is 916. The molecular weight excluding hydrogens is 480 g/mol. The number of hydrogen-bond acceptors (Lipinski definition) is 2. The van der Waals surface area contributed by atoms with Gasteiger partial charge in [0.05, 0.1) is 0 Å². The number of rotatable bonds is 10. The van der Waals surface area contributed by atoms with Gasteiger partial charge in [0, 0.05) is 41.7 Å². The van der Waals surface area contributed by atoms with Crippen molar-refractivity contribution in [2.45, 2.75) is 82.1 Å². The second-order valence-electron chi connectivity index (χ2n) is 8.97. The van der Waals surface area contributed by atoms with Crippen LogP contribution in [0.25, 0.3) is 0 Å². The average Bonchev–Trinajstić information content (AvgIpc) is 2.76. The van der Waals surface area contributed by atoms with Crippen molar-refractivity contribution in [2.75, 3.05) is 0 Å². The van der Waals surface area contributed by atoms with Crippen LogP contribution < -0.4 is 4.74 Å². The molecule has 0 radical (unpaired) electrons. The second kappa shape index (κ2) is 11.2. The molecule has 0 N–H and O–H groups in total. The van der Waals surface area contributed by atoms with Gasteiger partial charge in [-0.1, -0.05) is 25.8 Å². The summed E-state index contributed by atoms with van der Waals surface area (Å²) in [5.41, 5.74) is -2.59. The number of hydrogen-bond donors (Lipinski definition) is 0. The van der Waals surface area contributed by atoms with E-state index in [2.05, 4.69) is 34.3 Å². The van der Waals surface area contributed by atoms with Crippen molar-refractivity contribution in [1.82, 2.24) is 4.98 Å². The fourth-order valence-corrected chi connectivity index (χ4v) is 4.64. The van der Waals surface area contributed by atoms with Gasteiger partial charge in [0.25, 0.3) is 5.92 Å². The fraction of sp³-hybridized carbons (Fsp3) is 0.560. The zero-order valence-electron chi connectivity index (χ0n) is 18.9. The maximum Gasteiger partial charge on any atom is 0.487 e. The lowest BCUT2D eigenvalue weighted by atomic mass is 9.76. The summed E-state index contributed by atoms with van der Waals surface area (Å²) in [6.45, 7) is 2.15. The van der Waals surface area contributed by atoms with Crippen LogP contribution >= 0.6 is 11.6 Å². The van der Waals surface area contributed by atoms with Crippen molar-refractivity contribution >= 4 is 11.6 Å². The maximum absolute atomic E-state index is 14.9. The molecule has 0 spiro atoms. The number of pyridine rings is 1. The Balaban J connectivity index is 1.58. The first-order valence-electron chi connectivity index (χ1n) is 11.5. The van der Waals surface area contributed by atoms with E-state index in [1.807, 2.05) is 12.3 Å². The molecule has 0 bridgehead atoms. The Hall–Kier alpha value is -1.96. The van der Waals surface area contributed by atoms with E-state index in [0.717, 1.165) is 25.0 Å².